The molecule has 6 bridgehead atoms. The van der Waals surface area contributed by atoms with E-state index in [-0.39, 0.29) is 141 Å². The number of piperidine rings is 3. The first-order chi connectivity index (χ1) is 59.3. The summed E-state index contributed by atoms with van der Waals surface area (Å²) in [5.41, 5.74) is 0.591. The fourth-order valence-electron chi connectivity index (χ4n) is 17.3. The van der Waals surface area contributed by atoms with Gasteiger partial charge in [0.05, 0.1) is 103 Å². The molecule has 0 saturated carbocycles. The molecule has 668 valence electrons. The van der Waals surface area contributed by atoms with Crippen LogP contribution in [0.3, 0.4) is 0 Å². The number of carboxylic acids is 1. The highest BCUT2D eigenvalue weighted by molar-refractivity contribution is 7.66. The highest BCUT2D eigenvalue weighted by Gasteiger charge is 2.55. The van der Waals surface area contributed by atoms with Gasteiger partial charge in [0, 0.05) is 99.1 Å². The van der Waals surface area contributed by atoms with E-state index in [9.17, 15) is 80.9 Å². The molecular weight excluding hydrogens is 1670 g/mol. The highest BCUT2D eigenvalue weighted by atomic mass is 31.2. The zero-order chi connectivity index (χ0) is 89.0. The van der Waals surface area contributed by atoms with Crippen molar-refractivity contribution in [1.82, 2.24) is 40.8 Å². The number of benzene rings is 5. The highest BCUT2D eigenvalue weighted by Crippen LogP contribution is 2.53. The number of fused-ring (bicyclic) bond motifs is 8. The molecule has 7 unspecified atom stereocenters. The topological polar surface area (TPSA) is 440 Å². The molecule has 0 aromatic heterocycles. The molecule has 37 heteroatoms. The van der Waals surface area contributed by atoms with Crippen LogP contribution in [0.25, 0.3) is 0 Å². The lowest BCUT2D eigenvalue weighted by Crippen LogP contribution is -2.53. The van der Waals surface area contributed by atoms with Crippen molar-refractivity contribution in [2.45, 2.75) is 189 Å². The molecule has 15 atom stereocenters. The molecule has 5 aromatic rings. The Labute approximate surface area is 719 Å². The van der Waals surface area contributed by atoms with Crippen molar-refractivity contribution in [3.8, 4) is 0 Å². The second-order valence-corrected chi connectivity index (χ2v) is 38.8. The standard InChI is InChI=1S/C32H38N3O9P.C31H36N3O10P.C24H35N2O7P/c1-34-21-14-15-25(34)29(26(20-21)44-45(2,41)22-10-4-3-5-11-22)32(40)42-19-9-8-18-33-27(36)16-17-28(37)43-35-30(38)23-12-6-7-13-24(23)31(35)39;1-33-20-13-14-24(33)28(25(19-20)44-45(40,41)21-9-3-2-4-10-21)31(39)42-18-8-7-17-32-26(35)15-16-27(36)43-34-29(37)22-11-5-6-12-23(22)30(34)38;1-26-17-10-11-19(26)23(20(16-17)33-34(2,31)18-8-4-3-5-9-18)24(30)32-15-7-6-14-25-21(27)12-13-22(28)29/h3-7,10-13,21,25-26,29H,8-9,14-20H2,1-2H3,(H,33,36);2-6,9-12,20,24-25,28H,7-8,13-19H2,1H3,(H,32,35)(H,40,41);3-5,8-9,17,19-20,23H,6-7,10-16H2,1-2H3,(H,25,27)(H,28,29)/t21?,25?,26-,29+,45-;20?,24?,25-,28+;17?,19?,20-,23+,34-/m000/s1. The fourth-order valence-corrected chi connectivity index (χ4v) is 21.7. The number of unbranched alkanes of at least 4 members (excludes halogenated alkanes) is 3. The summed E-state index contributed by atoms with van der Waals surface area (Å²) >= 11 is 0. The summed E-state index contributed by atoms with van der Waals surface area (Å²) in [6.07, 6.45) is 7.14. The van der Waals surface area contributed by atoms with E-state index in [4.69, 9.17) is 42.6 Å². The Bertz CT molecular complexity index is 4540. The van der Waals surface area contributed by atoms with Gasteiger partial charge in [0.25, 0.3) is 23.6 Å². The van der Waals surface area contributed by atoms with Crippen LogP contribution in [0.15, 0.2) is 140 Å². The lowest BCUT2D eigenvalue weighted by molar-refractivity contribution is -0.169. The Morgan fingerprint density at radius 2 is 0.661 bits per heavy atom. The van der Waals surface area contributed by atoms with Gasteiger partial charge in [-0.2, -0.15) is 0 Å². The van der Waals surface area contributed by atoms with Crippen LogP contribution in [-0.4, -0.2) is 240 Å². The summed E-state index contributed by atoms with van der Waals surface area (Å²) in [7, 11) is -4.43. The number of nitrogens with zero attached hydrogens (tertiary/aromatic N) is 5. The van der Waals surface area contributed by atoms with Gasteiger partial charge in [0.15, 0.2) is 0 Å². The smallest absolute Gasteiger partial charge is 0.359 e. The normalized spacial score (nSPS) is 24.3. The molecule has 6 saturated heterocycles. The van der Waals surface area contributed by atoms with E-state index in [0.29, 0.717) is 97.7 Å². The molecule has 0 aliphatic carbocycles. The summed E-state index contributed by atoms with van der Waals surface area (Å²) in [5, 5.41) is 18.9. The molecule has 34 nitrogen and oxygen atoms in total. The van der Waals surface area contributed by atoms with Gasteiger partial charge in [-0.3, -0.25) is 81.1 Å². The van der Waals surface area contributed by atoms with Gasteiger partial charge < -0.3 is 63.4 Å². The number of hydrogen-bond acceptors (Lipinski definition) is 27. The largest absolute Gasteiger partial charge is 0.481 e. The van der Waals surface area contributed by atoms with Crippen molar-refractivity contribution >= 4 is 115 Å². The van der Waals surface area contributed by atoms with E-state index in [1.807, 2.05) is 57.5 Å². The molecule has 0 spiro atoms. The number of hydrogen-bond donors (Lipinski definition) is 5. The lowest BCUT2D eigenvalue weighted by Gasteiger charge is -2.42. The molecular formula is C87H109N8O26P3. The summed E-state index contributed by atoms with van der Waals surface area (Å²) < 4.78 is 74.9. The third-order valence-corrected chi connectivity index (χ3v) is 29.3. The van der Waals surface area contributed by atoms with E-state index in [1.165, 1.54) is 36.4 Å². The number of ether oxygens (including phenoxy) is 3. The van der Waals surface area contributed by atoms with Gasteiger partial charge >= 0.3 is 43.4 Å². The molecule has 8 heterocycles. The van der Waals surface area contributed by atoms with Crippen LogP contribution in [0.1, 0.15) is 176 Å². The zero-order valence-corrected chi connectivity index (χ0v) is 72.8. The van der Waals surface area contributed by atoms with E-state index in [2.05, 4.69) is 30.7 Å². The van der Waals surface area contributed by atoms with Crippen molar-refractivity contribution in [3.05, 3.63) is 162 Å². The number of rotatable bonds is 38. The number of carbonyl (C=O) groups excluding carboxylic acids is 12. The maximum Gasteiger partial charge on any atom is 0.359 e. The Hall–Kier alpha value is -9.98. The van der Waals surface area contributed by atoms with E-state index >= 15 is 0 Å². The molecule has 124 heavy (non-hydrogen) atoms. The summed E-state index contributed by atoms with van der Waals surface area (Å²) in [6.45, 7) is 4.65. The van der Waals surface area contributed by atoms with Crippen LogP contribution in [-0.2, 0) is 94.3 Å². The lowest BCUT2D eigenvalue weighted by atomic mass is 9.88. The first kappa shape index (κ1) is 94.7. The number of imide groups is 2. The average Bonchev–Trinajstić information content (AvgIpc) is 1.59. The second-order valence-electron chi connectivity index (χ2n) is 32.2. The number of amides is 7. The average molecular weight is 1780 g/mol. The van der Waals surface area contributed by atoms with Gasteiger partial charge in [-0.1, -0.05) is 89.0 Å². The maximum atomic E-state index is 13.5. The van der Waals surface area contributed by atoms with Crippen LogP contribution >= 0.6 is 22.3 Å². The van der Waals surface area contributed by atoms with E-state index < -0.39 is 118 Å². The Balaban J connectivity index is 0.000000183. The molecule has 5 N–H and O–H groups in total. The quantitative estimate of drug-likeness (QED) is 0.00827. The molecule has 0 radical (unpaired) electrons. The molecule has 8 aliphatic rings. The van der Waals surface area contributed by atoms with Gasteiger partial charge in [0.2, 0.25) is 32.5 Å². The second kappa shape index (κ2) is 43.8. The minimum atomic E-state index is -4.15. The van der Waals surface area contributed by atoms with Crippen molar-refractivity contribution < 1.29 is 123 Å². The van der Waals surface area contributed by atoms with Crippen molar-refractivity contribution in [2.24, 2.45) is 17.8 Å². The molecule has 5 aromatic carbocycles. The Morgan fingerprint density at radius 1 is 0.379 bits per heavy atom. The number of carboxylic acid groups (broad SMARTS) is 1. The van der Waals surface area contributed by atoms with Crippen LogP contribution in [0, 0.1) is 17.8 Å². The van der Waals surface area contributed by atoms with Crippen molar-refractivity contribution in [1.29, 1.82) is 0 Å². The predicted octanol–water partition coefficient (Wildman–Crippen LogP) is 7.79. The van der Waals surface area contributed by atoms with Crippen LogP contribution in [0.4, 0.5) is 0 Å². The number of hydroxylamine groups is 4. The fraction of sp³-hybridized carbons (Fsp3) is 0.506. The van der Waals surface area contributed by atoms with Crippen LogP contribution < -0.4 is 31.9 Å². The van der Waals surface area contributed by atoms with Gasteiger partial charge in [-0.25, -0.2) is 9.59 Å². The zero-order valence-electron chi connectivity index (χ0n) is 70.1. The first-order valence-corrected chi connectivity index (χ1v) is 47.8. The maximum absolute atomic E-state index is 13.5. The van der Waals surface area contributed by atoms with Gasteiger partial charge in [-0.15, -0.1) is 0 Å². The number of nitrogens with one attached hydrogen (secondary N) is 3. The van der Waals surface area contributed by atoms with E-state index in [0.717, 1.165) is 38.5 Å². The molecule has 13 rings (SSSR count). The predicted molar refractivity (Wildman–Crippen MR) is 449 cm³/mol. The molecule has 6 fully saturated rings. The van der Waals surface area contributed by atoms with E-state index in [1.54, 1.807) is 80.1 Å². The number of aliphatic carboxylic acids is 1. The first-order valence-electron chi connectivity index (χ1n) is 42.1. The Kier molecular flexibility index (Phi) is 33.4. The summed E-state index contributed by atoms with van der Waals surface area (Å²) in [6, 6.07) is 39.0. The van der Waals surface area contributed by atoms with Crippen LogP contribution in [0.2, 0.25) is 0 Å². The Morgan fingerprint density at radius 3 is 0.968 bits per heavy atom. The third kappa shape index (κ3) is 24.4. The molecule has 8 aliphatic heterocycles. The van der Waals surface area contributed by atoms with Crippen molar-refractivity contribution in [3.63, 3.8) is 0 Å². The number of carbonyl (C=O) groups is 13. The van der Waals surface area contributed by atoms with Crippen molar-refractivity contribution in [2.75, 3.05) is 73.9 Å². The van der Waals surface area contributed by atoms with Gasteiger partial charge in [0.1, 0.15) is 0 Å². The molecule has 7 amide bonds. The monoisotopic (exact) mass is 1770 g/mol. The minimum absolute atomic E-state index is 0.000506. The number of esters is 3. The van der Waals surface area contributed by atoms with Gasteiger partial charge in [-0.05, 0) is 178 Å². The summed E-state index contributed by atoms with van der Waals surface area (Å²) in [5.74, 6) is -9.75. The summed E-state index contributed by atoms with van der Waals surface area (Å²) in [4.78, 5) is 187. The van der Waals surface area contributed by atoms with Crippen LogP contribution in [0.5, 0.6) is 0 Å². The third-order valence-electron chi connectivity index (χ3n) is 23.9. The minimum Gasteiger partial charge on any atom is -0.481 e. The SMILES string of the molecule is CN1C2CCC1[C@@H](C(=O)OCCCCNC(=O)CCC(=O)O)[C@@H](O[P@](C)(=O)c1ccccc1)C2.CN1C2CCC1[C@@H](C(=O)OCCCCNC(=O)CCC(=O)ON1C(=O)c3ccccc3C1=O)[C@@H](OP(=O)(O)c1ccccc1)C2.CN1C2CCC1[C@@H](C(=O)OCCCCNC(=O)CCC(=O)ON1C(=O)c3ccccc3C1=O)[C@@H](O[P@](C)(=O)c1ccccc1)C2.